The van der Waals surface area contributed by atoms with Crippen molar-refractivity contribution >= 4 is 15.8 Å². The van der Waals surface area contributed by atoms with Gasteiger partial charge in [-0.25, -0.2) is 8.42 Å². The zero-order chi connectivity index (χ0) is 15.1. The number of hydrogen-bond donors (Lipinski definition) is 1. The van der Waals surface area contributed by atoms with Crippen molar-refractivity contribution in [3.63, 3.8) is 0 Å². The normalized spacial score (nSPS) is 32.6. The molecule has 1 heterocycles. The van der Waals surface area contributed by atoms with E-state index in [9.17, 15) is 18.3 Å². The van der Waals surface area contributed by atoms with Gasteiger partial charge in [0.1, 0.15) is 0 Å². The summed E-state index contributed by atoms with van der Waals surface area (Å²) in [5.41, 5.74) is -1.04. The Hall–Kier alpha value is -1.40. The first-order chi connectivity index (χ1) is 9.97. The maximum atomic E-state index is 12.7. The molecule has 2 aliphatic rings. The Labute approximate surface area is 123 Å². The zero-order valence-electron chi connectivity index (χ0n) is 11.6. The van der Waals surface area contributed by atoms with Gasteiger partial charge in [-0.1, -0.05) is 18.2 Å². The first-order valence-electron chi connectivity index (χ1n) is 7.11. The van der Waals surface area contributed by atoms with Crippen LogP contribution in [0.25, 0.3) is 0 Å². The lowest BCUT2D eigenvalue weighted by atomic mass is 9.78. The minimum absolute atomic E-state index is 0.0803. The molecule has 1 aromatic rings. The molecule has 0 bridgehead atoms. The number of carboxylic acids is 1. The monoisotopic (exact) mass is 310 g/mol. The van der Waals surface area contributed by atoms with E-state index >= 15 is 0 Å². The van der Waals surface area contributed by atoms with Crippen LogP contribution in [-0.2, 0) is 19.4 Å². The van der Waals surface area contributed by atoms with Gasteiger partial charge in [0, 0.05) is 0 Å². The number of benzene rings is 1. The minimum atomic E-state index is -3.56. The fraction of sp³-hybridized carbons (Fsp3) is 0.533. The van der Waals surface area contributed by atoms with E-state index in [2.05, 4.69) is 0 Å². The number of carboxylic acid groups (broad SMARTS) is 1. The molecule has 21 heavy (non-hydrogen) atoms. The predicted octanol–water partition coefficient (Wildman–Crippen LogP) is 1.87. The maximum Gasteiger partial charge on any atom is 0.312 e. The molecule has 1 saturated carbocycles. The molecule has 1 saturated heterocycles. The molecule has 6 heteroatoms. The molecule has 114 valence electrons. The van der Waals surface area contributed by atoms with Crippen molar-refractivity contribution in [2.75, 3.05) is 6.61 Å². The van der Waals surface area contributed by atoms with E-state index in [1.54, 1.807) is 30.3 Å². The second-order valence-corrected chi connectivity index (χ2v) is 8.09. The van der Waals surface area contributed by atoms with Gasteiger partial charge in [0.2, 0.25) is 0 Å². The average molecular weight is 310 g/mol. The van der Waals surface area contributed by atoms with Gasteiger partial charge in [-0.05, 0) is 37.8 Å². The largest absolute Gasteiger partial charge is 0.481 e. The summed E-state index contributed by atoms with van der Waals surface area (Å²) in [5, 5.41) is 8.79. The van der Waals surface area contributed by atoms with Crippen molar-refractivity contribution in [3.05, 3.63) is 30.3 Å². The Morgan fingerprint density at radius 3 is 2.67 bits per heavy atom. The number of hydrogen-bond acceptors (Lipinski definition) is 4. The van der Waals surface area contributed by atoms with E-state index in [1.807, 2.05) is 0 Å². The molecule has 0 amide bonds. The molecule has 0 spiro atoms. The Morgan fingerprint density at radius 2 is 2.00 bits per heavy atom. The van der Waals surface area contributed by atoms with Gasteiger partial charge in [-0.2, -0.15) is 0 Å². The summed E-state index contributed by atoms with van der Waals surface area (Å²) in [7, 11) is -3.56. The topological polar surface area (TPSA) is 80.7 Å². The molecule has 1 aliphatic carbocycles. The summed E-state index contributed by atoms with van der Waals surface area (Å²) in [4.78, 5) is 11.9. The lowest BCUT2D eigenvalue weighted by molar-refractivity contribution is -0.163. The predicted molar refractivity (Wildman–Crippen MR) is 75.7 cm³/mol. The van der Waals surface area contributed by atoms with Crippen LogP contribution in [0.15, 0.2) is 35.2 Å². The Bertz CT molecular complexity index is 639. The van der Waals surface area contributed by atoms with Crippen LogP contribution in [-0.4, -0.2) is 37.5 Å². The quantitative estimate of drug-likeness (QED) is 0.922. The molecule has 1 aliphatic heterocycles. The van der Waals surface area contributed by atoms with Crippen LogP contribution in [0.4, 0.5) is 0 Å². The fourth-order valence-corrected chi connectivity index (χ4v) is 5.24. The van der Waals surface area contributed by atoms with Crippen molar-refractivity contribution < 1.29 is 23.1 Å². The number of rotatable bonds is 3. The number of ether oxygens (including phenoxy) is 1. The lowest BCUT2D eigenvalue weighted by Gasteiger charge is -2.39. The van der Waals surface area contributed by atoms with Crippen molar-refractivity contribution in [1.29, 1.82) is 0 Å². The van der Waals surface area contributed by atoms with Gasteiger partial charge in [-0.3, -0.25) is 4.79 Å². The standard InChI is InChI=1S/C15H18O5S/c16-14(17)15-8-4-7-13(15)20-10-12(9-15)21(18,19)11-5-2-1-3-6-11/h1-3,5-6,12-13H,4,7-10H2,(H,16,17)/t12?,13-,15-/m1/s1. The molecule has 1 unspecified atom stereocenters. The molecular formula is C15H18O5S. The zero-order valence-corrected chi connectivity index (χ0v) is 12.4. The van der Waals surface area contributed by atoms with Crippen LogP contribution in [0.3, 0.4) is 0 Å². The van der Waals surface area contributed by atoms with Crippen LogP contribution in [0, 0.1) is 5.41 Å². The fourth-order valence-electron chi connectivity index (χ4n) is 3.54. The third-order valence-corrected chi connectivity index (χ3v) is 6.83. The molecule has 0 radical (unpaired) electrons. The second kappa shape index (κ2) is 5.10. The van der Waals surface area contributed by atoms with Crippen molar-refractivity contribution in [3.8, 4) is 0 Å². The summed E-state index contributed by atoms with van der Waals surface area (Å²) >= 11 is 0. The number of carbonyl (C=O) groups is 1. The lowest BCUT2D eigenvalue weighted by Crippen LogP contribution is -2.50. The number of aliphatic carboxylic acids is 1. The van der Waals surface area contributed by atoms with Gasteiger partial charge in [0.25, 0.3) is 0 Å². The average Bonchev–Trinajstić information content (AvgIpc) is 2.92. The summed E-state index contributed by atoms with van der Waals surface area (Å²) < 4.78 is 31.0. The molecule has 1 N–H and O–H groups in total. The molecule has 3 atom stereocenters. The second-order valence-electron chi connectivity index (χ2n) is 5.86. The van der Waals surface area contributed by atoms with Gasteiger partial charge in [0.05, 0.1) is 28.3 Å². The first kappa shape index (κ1) is 14.5. The van der Waals surface area contributed by atoms with Crippen LogP contribution >= 0.6 is 0 Å². The van der Waals surface area contributed by atoms with Crippen LogP contribution < -0.4 is 0 Å². The van der Waals surface area contributed by atoms with Crippen molar-refractivity contribution in [1.82, 2.24) is 0 Å². The number of sulfone groups is 1. The third-order valence-electron chi connectivity index (χ3n) is 4.72. The molecular weight excluding hydrogens is 292 g/mol. The van der Waals surface area contributed by atoms with Gasteiger partial charge < -0.3 is 9.84 Å². The van der Waals surface area contributed by atoms with Crippen LogP contribution in [0.1, 0.15) is 25.7 Å². The Balaban J connectivity index is 1.93. The summed E-state index contributed by atoms with van der Waals surface area (Å²) in [5.74, 6) is -0.932. The van der Waals surface area contributed by atoms with Gasteiger partial charge >= 0.3 is 5.97 Å². The van der Waals surface area contributed by atoms with E-state index < -0.39 is 26.5 Å². The Morgan fingerprint density at radius 1 is 1.29 bits per heavy atom. The molecule has 0 aromatic heterocycles. The van der Waals surface area contributed by atoms with Crippen LogP contribution in [0.5, 0.6) is 0 Å². The third kappa shape index (κ3) is 2.26. The first-order valence-corrected chi connectivity index (χ1v) is 8.65. The van der Waals surface area contributed by atoms with E-state index in [1.165, 1.54) is 0 Å². The Kier molecular flexibility index (Phi) is 3.53. The summed E-state index contributed by atoms with van der Waals surface area (Å²) in [6, 6.07) is 8.18. The SMILES string of the molecule is O=C(O)[C@@]12CCC[C@H]1OCC(S(=O)(=O)c1ccccc1)C2. The minimum Gasteiger partial charge on any atom is -0.481 e. The van der Waals surface area contributed by atoms with Crippen molar-refractivity contribution in [2.24, 2.45) is 5.41 Å². The summed E-state index contributed by atoms with van der Waals surface area (Å²) in [6.45, 7) is 0.0803. The van der Waals surface area contributed by atoms with Gasteiger partial charge in [0.15, 0.2) is 9.84 Å². The van der Waals surface area contributed by atoms with E-state index in [0.717, 1.165) is 6.42 Å². The van der Waals surface area contributed by atoms with E-state index in [0.29, 0.717) is 12.8 Å². The van der Waals surface area contributed by atoms with Crippen molar-refractivity contribution in [2.45, 2.75) is 41.9 Å². The maximum absolute atomic E-state index is 12.7. The highest BCUT2D eigenvalue weighted by Gasteiger charge is 2.55. The van der Waals surface area contributed by atoms with E-state index in [-0.39, 0.29) is 24.0 Å². The highest BCUT2D eigenvalue weighted by Crippen LogP contribution is 2.48. The molecule has 5 nitrogen and oxygen atoms in total. The smallest absolute Gasteiger partial charge is 0.312 e. The van der Waals surface area contributed by atoms with Crippen LogP contribution in [0.2, 0.25) is 0 Å². The summed E-state index contributed by atoms with van der Waals surface area (Å²) in [6.07, 6.45) is 1.76. The number of fused-ring (bicyclic) bond motifs is 1. The molecule has 1 aromatic carbocycles. The highest BCUT2D eigenvalue weighted by molar-refractivity contribution is 7.92. The van der Waals surface area contributed by atoms with E-state index in [4.69, 9.17) is 4.74 Å². The molecule has 2 fully saturated rings. The highest BCUT2D eigenvalue weighted by atomic mass is 32.2. The van der Waals surface area contributed by atoms with Gasteiger partial charge in [-0.15, -0.1) is 0 Å². The molecule has 3 rings (SSSR count).